The predicted molar refractivity (Wildman–Crippen MR) is 67.2 cm³/mol. The van der Waals surface area contributed by atoms with Crippen molar-refractivity contribution in [1.29, 1.82) is 0 Å². The lowest BCUT2D eigenvalue weighted by Gasteiger charge is -2.06. The van der Waals surface area contributed by atoms with Gasteiger partial charge in [-0.15, -0.1) is 5.11 Å². The molecule has 0 aliphatic carbocycles. The van der Waals surface area contributed by atoms with Gasteiger partial charge in [0, 0.05) is 12.4 Å². The Morgan fingerprint density at radius 1 is 1.22 bits per heavy atom. The quantitative estimate of drug-likeness (QED) is 0.830. The third-order valence-corrected chi connectivity index (χ3v) is 2.40. The van der Waals surface area contributed by atoms with Gasteiger partial charge in [0.1, 0.15) is 5.69 Å². The zero-order chi connectivity index (χ0) is 12.8. The van der Waals surface area contributed by atoms with Gasteiger partial charge in [-0.25, -0.2) is 0 Å². The van der Waals surface area contributed by atoms with Gasteiger partial charge in [0.15, 0.2) is 0 Å². The van der Waals surface area contributed by atoms with Crippen molar-refractivity contribution in [3.63, 3.8) is 0 Å². The summed E-state index contributed by atoms with van der Waals surface area (Å²) >= 11 is 0. The van der Waals surface area contributed by atoms with Crippen molar-refractivity contribution in [2.24, 2.45) is 5.11 Å². The highest BCUT2D eigenvalue weighted by Crippen LogP contribution is 2.23. The lowest BCUT2D eigenvalue weighted by Crippen LogP contribution is -2.14. The van der Waals surface area contributed by atoms with Crippen molar-refractivity contribution >= 4 is 17.3 Å². The molecule has 0 saturated heterocycles. The maximum atomic E-state index is 11.8. The fraction of sp³-hybridized carbons (Fsp3) is 0.0769. The molecule has 1 radical (unpaired) electrons. The van der Waals surface area contributed by atoms with Crippen LogP contribution in [0.15, 0.2) is 53.9 Å². The summed E-state index contributed by atoms with van der Waals surface area (Å²) in [5.74, 6) is -0.169. The van der Waals surface area contributed by atoms with E-state index in [0.29, 0.717) is 11.4 Å². The summed E-state index contributed by atoms with van der Waals surface area (Å²) in [4.78, 5) is 15.7. The van der Waals surface area contributed by atoms with Crippen LogP contribution in [0.4, 0.5) is 11.4 Å². The number of amides is 1. The van der Waals surface area contributed by atoms with E-state index in [4.69, 9.17) is 5.53 Å². The SMILES string of the molecule is [N]=Nc1ccccc1NC(=O)Cc1ccncc1. The molecular weight excluding hydrogens is 228 g/mol. The number of hydrogen-bond acceptors (Lipinski definition) is 3. The number of carbonyl (C=O) groups is 1. The van der Waals surface area contributed by atoms with E-state index < -0.39 is 0 Å². The van der Waals surface area contributed by atoms with Crippen LogP contribution in [0.1, 0.15) is 5.56 Å². The molecule has 0 aliphatic heterocycles. The first-order valence-corrected chi connectivity index (χ1v) is 5.42. The molecule has 0 atom stereocenters. The molecule has 18 heavy (non-hydrogen) atoms. The average Bonchev–Trinajstić information content (AvgIpc) is 2.40. The molecule has 1 N–H and O–H groups in total. The maximum absolute atomic E-state index is 11.8. The van der Waals surface area contributed by atoms with Crippen LogP contribution < -0.4 is 10.8 Å². The summed E-state index contributed by atoms with van der Waals surface area (Å²) in [6, 6.07) is 10.3. The monoisotopic (exact) mass is 239 g/mol. The van der Waals surface area contributed by atoms with E-state index in [0.717, 1.165) is 5.56 Å². The number of nitrogens with zero attached hydrogens (tertiary/aromatic N) is 3. The van der Waals surface area contributed by atoms with Crippen LogP contribution in [0.3, 0.4) is 0 Å². The number of aromatic nitrogens is 1. The van der Waals surface area contributed by atoms with Crippen LogP contribution in [0, 0.1) is 0 Å². The number of benzene rings is 1. The molecule has 5 nitrogen and oxygen atoms in total. The summed E-state index contributed by atoms with van der Waals surface area (Å²) in [5.41, 5.74) is 10.5. The Balaban J connectivity index is 2.05. The van der Waals surface area contributed by atoms with Crippen LogP contribution >= 0.6 is 0 Å². The Morgan fingerprint density at radius 3 is 2.67 bits per heavy atom. The zero-order valence-corrected chi connectivity index (χ0v) is 9.58. The smallest absolute Gasteiger partial charge is 0.228 e. The molecular formula is C13H11N4O. The van der Waals surface area contributed by atoms with Crippen molar-refractivity contribution in [2.75, 3.05) is 5.32 Å². The van der Waals surface area contributed by atoms with Crippen LogP contribution in [-0.2, 0) is 11.2 Å². The summed E-state index contributed by atoms with van der Waals surface area (Å²) in [6.45, 7) is 0. The minimum atomic E-state index is -0.169. The fourth-order valence-corrected chi connectivity index (χ4v) is 1.55. The lowest BCUT2D eigenvalue weighted by molar-refractivity contribution is -0.115. The van der Waals surface area contributed by atoms with Gasteiger partial charge >= 0.3 is 0 Å². The van der Waals surface area contributed by atoms with Crippen LogP contribution in [0.2, 0.25) is 0 Å². The van der Waals surface area contributed by atoms with Crippen molar-refractivity contribution in [2.45, 2.75) is 6.42 Å². The van der Waals surface area contributed by atoms with Gasteiger partial charge in [-0.2, -0.15) is 0 Å². The van der Waals surface area contributed by atoms with Gasteiger partial charge in [-0.1, -0.05) is 12.1 Å². The van der Waals surface area contributed by atoms with Crippen molar-refractivity contribution < 1.29 is 4.79 Å². The number of carbonyl (C=O) groups excluding carboxylic acids is 1. The standard InChI is InChI=1S/C13H11N4O/c14-17-12-4-2-1-3-11(12)16-13(18)9-10-5-7-15-8-6-10/h1-8H,9H2,(H,16,18). The first-order chi connectivity index (χ1) is 8.79. The Hall–Kier alpha value is -2.56. The number of hydrogen-bond donors (Lipinski definition) is 1. The van der Waals surface area contributed by atoms with Crippen LogP contribution in [0.25, 0.3) is 0 Å². The zero-order valence-electron chi connectivity index (χ0n) is 9.58. The summed E-state index contributed by atoms with van der Waals surface area (Å²) in [7, 11) is 0. The highest BCUT2D eigenvalue weighted by Gasteiger charge is 2.06. The van der Waals surface area contributed by atoms with Crippen molar-refractivity contribution in [3.05, 3.63) is 54.4 Å². The minimum Gasteiger partial charge on any atom is -0.324 e. The summed E-state index contributed by atoms with van der Waals surface area (Å²) in [5, 5.41) is 5.80. The molecule has 0 aliphatic rings. The largest absolute Gasteiger partial charge is 0.324 e. The van der Waals surface area contributed by atoms with Crippen molar-refractivity contribution in [1.82, 2.24) is 10.5 Å². The minimum absolute atomic E-state index is 0.169. The van der Waals surface area contributed by atoms with Crippen LogP contribution in [-0.4, -0.2) is 10.9 Å². The Labute approximate surface area is 104 Å². The second-order valence-corrected chi connectivity index (χ2v) is 3.70. The van der Waals surface area contributed by atoms with Gasteiger partial charge in [0.05, 0.1) is 12.1 Å². The van der Waals surface area contributed by atoms with E-state index in [9.17, 15) is 4.79 Å². The normalized spacial score (nSPS) is 9.78. The van der Waals surface area contributed by atoms with Crippen molar-refractivity contribution in [3.8, 4) is 0 Å². The van der Waals surface area contributed by atoms with E-state index in [1.165, 1.54) is 0 Å². The topological polar surface area (TPSA) is 76.7 Å². The molecule has 2 aromatic rings. The second kappa shape index (κ2) is 5.67. The molecule has 0 bridgehead atoms. The molecule has 89 valence electrons. The van der Waals surface area contributed by atoms with Crippen LogP contribution in [0.5, 0.6) is 0 Å². The first kappa shape index (κ1) is 11.9. The van der Waals surface area contributed by atoms with E-state index in [1.807, 2.05) is 0 Å². The van der Waals surface area contributed by atoms with Gasteiger partial charge in [-0.3, -0.25) is 9.78 Å². The van der Waals surface area contributed by atoms with E-state index >= 15 is 0 Å². The van der Waals surface area contributed by atoms with Gasteiger partial charge in [-0.05, 0) is 35.4 Å². The Bertz CT molecular complexity index is 554. The fourth-order valence-electron chi connectivity index (χ4n) is 1.55. The molecule has 1 amide bonds. The highest BCUT2D eigenvalue weighted by molar-refractivity contribution is 5.94. The molecule has 0 saturated carbocycles. The second-order valence-electron chi connectivity index (χ2n) is 3.70. The van der Waals surface area contributed by atoms with Gasteiger partial charge in [0.25, 0.3) is 0 Å². The molecule has 2 rings (SSSR count). The number of para-hydroxylation sites is 1. The number of pyridine rings is 1. The van der Waals surface area contributed by atoms with E-state index in [-0.39, 0.29) is 12.3 Å². The molecule has 0 spiro atoms. The average molecular weight is 239 g/mol. The lowest BCUT2D eigenvalue weighted by atomic mass is 10.2. The number of rotatable bonds is 4. The molecule has 1 aromatic heterocycles. The van der Waals surface area contributed by atoms with Gasteiger partial charge < -0.3 is 5.32 Å². The Kier molecular flexibility index (Phi) is 3.76. The molecule has 0 unspecified atom stereocenters. The Morgan fingerprint density at radius 2 is 1.94 bits per heavy atom. The molecule has 0 fully saturated rings. The highest BCUT2D eigenvalue weighted by atomic mass is 16.1. The summed E-state index contributed by atoms with van der Waals surface area (Å²) in [6.07, 6.45) is 3.53. The maximum Gasteiger partial charge on any atom is 0.228 e. The van der Waals surface area contributed by atoms with Gasteiger partial charge in [0.2, 0.25) is 5.91 Å². The van der Waals surface area contributed by atoms with E-state index in [1.54, 1.807) is 48.8 Å². The van der Waals surface area contributed by atoms with E-state index in [2.05, 4.69) is 15.4 Å². The summed E-state index contributed by atoms with van der Waals surface area (Å²) < 4.78 is 0. The molecule has 5 heteroatoms. The first-order valence-electron chi connectivity index (χ1n) is 5.42. The molecule has 1 aromatic carbocycles. The molecule has 1 heterocycles. The predicted octanol–water partition coefficient (Wildman–Crippen LogP) is 2.15. The third-order valence-electron chi connectivity index (χ3n) is 2.40. The number of nitrogens with one attached hydrogen (secondary N) is 1. The third kappa shape index (κ3) is 2.98. The number of anilines is 1.